The first-order valence-electron chi connectivity index (χ1n) is 5.51. The van der Waals surface area contributed by atoms with Gasteiger partial charge >= 0.3 is 0 Å². The molecule has 0 spiro atoms. The van der Waals surface area contributed by atoms with Gasteiger partial charge in [-0.25, -0.2) is 0 Å². The Bertz CT molecular complexity index is 342. The zero-order valence-corrected chi connectivity index (χ0v) is 11.5. The van der Waals surface area contributed by atoms with Crippen molar-refractivity contribution in [3.05, 3.63) is 22.2 Å². The summed E-state index contributed by atoms with van der Waals surface area (Å²) in [6.07, 6.45) is 2.17. The molecular formula is C12H19BrNO2+. The van der Waals surface area contributed by atoms with Crippen LogP contribution in [-0.2, 0) is 6.54 Å². The summed E-state index contributed by atoms with van der Waals surface area (Å²) in [5.41, 5.74) is 4.99. The molecule has 4 heteroatoms. The number of methoxy groups -OCH3 is 1. The maximum Gasteiger partial charge on any atom is 0.175 e. The Morgan fingerprint density at radius 1 is 1.38 bits per heavy atom. The molecule has 0 fully saturated rings. The maximum absolute atomic E-state index is 5.71. The minimum Gasteiger partial charge on any atom is -0.493 e. The van der Waals surface area contributed by atoms with Gasteiger partial charge in [-0.15, -0.1) is 0 Å². The monoisotopic (exact) mass is 288 g/mol. The molecule has 0 unspecified atom stereocenters. The van der Waals surface area contributed by atoms with E-state index in [-0.39, 0.29) is 0 Å². The molecule has 0 heterocycles. The average molecular weight is 289 g/mol. The lowest BCUT2D eigenvalue weighted by Gasteiger charge is -2.13. The first-order chi connectivity index (χ1) is 7.72. The van der Waals surface area contributed by atoms with Gasteiger partial charge in [0.25, 0.3) is 0 Å². The number of rotatable bonds is 6. The highest BCUT2D eigenvalue weighted by Gasteiger charge is 2.11. The second-order valence-electron chi connectivity index (χ2n) is 3.56. The molecule has 3 nitrogen and oxygen atoms in total. The molecule has 0 aromatic heterocycles. The molecule has 0 aliphatic carbocycles. The molecule has 0 atom stereocenters. The molecule has 1 aromatic carbocycles. The Morgan fingerprint density at radius 2 is 2.12 bits per heavy atom. The fraction of sp³-hybridized carbons (Fsp3) is 0.500. The van der Waals surface area contributed by atoms with Crippen LogP contribution < -0.4 is 15.2 Å². The predicted octanol–water partition coefficient (Wildman–Crippen LogP) is 2.38. The van der Waals surface area contributed by atoms with Crippen molar-refractivity contribution in [2.75, 3.05) is 13.7 Å². The van der Waals surface area contributed by atoms with Crippen LogP contribution in [0.3, 0.4) is 0 Å². The van der Waals surface area contributed by atoms with E-state index in [9.17, 15) is 0 Å². The van der Waals surface area contributed by atoms with Crippen LogP contribution in [0.25, 0.3) is 0 Å². The standard InChI is InChI=1S/C12H18BrNO2/c1-3-4-5-16-12-10(13)6-9(8-14)7-11(12)15-2/h6-7H,3-5,8,14H2,1-2H3/p+1. The van der Waals surface area contributed by atoms with Gasteiger partial charge in [-0.3, -0.25) is 0 Å². The smallest absolute Gasteiger partial charge is 0.175 e. The summed E-state index contributed by atoms with van der Waals surface area (Å²) in [4.78, 5) is 0. The van der Waals surface area contributed by atoms with Gasteiger partial charge in [0.05, 0.1) is 24.7 Å². The van der Waals surface area contributed by atoms with Crippen molar-refractivity contribution < 1.29 is 15.2 Å². The van der Waals surface area contributed by atoms with Gasteiger partial charge in [0, 0.05) is 5.56 Å². The van der Waals surface area contributed by atoms with Crippen LogP contribution >= 0.6 is 15.9 Å². The van der Waals surface area contributed by atoms with E-state index >= 15 is 0 Å². The Kier molecular flexibility index (Phi) is 5.63. The molecule has 0 radical (unpaired) electrons. The second kappa shape index (κ2) is 6.76. The van der Waals surface area contributed by atoms with E-state index in [1.807, 2.05) is 12.1 Å². The molecule has 0 aliphatic rings. The normalized spacial score (nSPS) is 10.2. The van der Waals surface area contributed by atoms with Crippen molar-refractivity contribution in [1.82, 2.24) is 0 Å². The van der Waals surface area contributed by atoms with Crippen molar-refractivity contribution in [2.45, 2.75) is 26.3 Å². The van der Waals surface area contributed by atoms with Gasteiger partial charge < -0.3 is 15.2 Å². The van der Waals surface area contributed by atoms with Gasteiger partial charge in [0.15, 0.2) is 11.5 Å². The second-order valence-corrected chi connectivity index (χ2v) is 4.42. The lowest BCUT2D eigenvalue weighted by Crippen LogP contribution is -2.47. The maximum atomic E-state index is 5.71. The quantitative estimate of drug-likeness (QED) is 0.817. The molecule has 0 saturated carbocycles. The van der Waals surface area contributed by atoms with Crippen LogP contribution in [-0.4, -0.2) is 13.7 Å². The topological polar surface area (TPSA) is 46.1 Å². The van der Waals surface area contributed by atoms with Crippen molar-refractivity contribution in [3.8, 4) is 11.5 Å². The first kappa shape index (κ1) is 13.3. The summed E-state index contributed by atoms with van der Waals surface area (Å²) in [7, 11) is 1.65. The van der Waals surface area contributed by atoms with Crippen molar-refractivity contribution in [2.24, 2.45) is 0 Å². The molecular weight excluding hydrogens is 270 g/mol. The molecule has 0 aliphatic heterocycles. The van der Waals surface area contributed by atoms with Crippen LogP contribution in [0.15, 0.2) is 16.6 Å². The third kappa shape index (κ3) is 3.39. The SMILES string of the molecule is CCCCOc1c(Br)cc(C[NH3+])cc1OC. The lowest BCUT2D eigenvalue weighted by molar-refractivity contribution is -0.386. The Hall–Kier alpha value is -0.740. The average Bonchev–Trinajstić information content (AvgIpc) is 2.30. The van der Waals surface area contributed by atoms with E-state index < -0.39 is 0 Å². The lowest BCUT2D eigenvalue weighted by atomic mass is 10.2. The summed E-state index contributed by atoms with van der Waals surface area (Å²) in [5, 5.41) is 0. The molecule has 0 amide bonds. The first-order valence-corrected chi connectivity index (χ1v) is 6.30. The molecule has 0 bridgehead atoms. The van der Waals surface area contributed by atoms with Gasteiger partial charge in [0.2, 0.25) is 0 Å². The van der Waals surface area contributed by atoms with Crippen molar-refractivity contribution >= 4 is 15.9 Å². The number of quaternary nitrogens is 1. The zero-order chi connectivity index (χ0) is 12.0. The number of benzene rings is 1. The van der Waals surface area contributed by atoms with Gasteiger partial charge in [-0.05, 0) is 34.5 Å². The Balaban J connectivity index is 2.88. The van der Waals surface area contributed by atoms with E-state index in [0.717, 1.165) is 47.5 Å². The highest BCUT2D eigenvalue weighted by Crippen LogP contribution is 2.36. The Morgan fingerprint density at radius 3 is 2.69 bits per heavy atom. The van der Waals surface area contributed by atoms with Crippen molar-refractivity contribution in [3.63, 3.8) is 0 Å². The minimum atomic E-state index is 0.717. The molecule has 0 saturated heterocycles. The van der Waals surface area contributed by atoms with E-state index in [2.05, 4.69) is 28.6 Å². The van der Waals surface area contributed by atoms with Gasteiger partial charge in [-0.1, -0.05) is 13.3 Å². The number of hydrogen-bond donors (Lipinski definition) is 1. The molecule has 1 aromatic rings. The van der Waals surface area contributed by atoms with Gasteiger partial charge in [0.1, 0.15) is 0 Å². The van der Waals surface area contributed by atoms with E-state index in [4.69, 9.17) is 9.47 Å². The van der Waals surface area contributed by atoms with Crippen LogP contribution in [0.1, 0.15) is 25.3 Å². The third-order valence-electron chi connectivity index (χ3n) is 2.32. The largest absolute Gasteiger partial charge is 0.493 e. The fourth-order valence-electron chi connectivity index (χ4n) is 1.38. The molecule has 90 valence electrons. The summed E-state index contributed by atoms with van der Waals surface area (Å²) < 4.78 is 12.0. The van der Waals surface area contributed by atoms with Crippen LogP contribution in [0.4, 0.5) is 0 Å². The van der Waals surface area contributed by atoms with Gasteiger partial charge in [-0.2, -0.15) is 0 Å². The number of hydrogen-bond acceptors (Lipinski definition) is 2. The highest BCUT2D eigenvalue weighted by atomic mass is 79.9. The third-order valence-corrected chi connectivity index (χ3v) is 2.91. The van der Waals surface area contributed by atoms with Crippen LogP contribution in [0.2, 0.25) is 0 Å². The molecule has 3 N–H and O–H groups in total. The van der Waals surface area contributed by atoms with Crippen LogP contribution in [0, 0.1) is 0 Å². The zero-order valence-electron chi connectivity index (χ0n) is 9.88. The van der Waals surface area contributed by atoms with E-state index in [1.54, 1.807) is 7.11 Å². The summed E-state index contributed by atoms with van der Waals surface area (Å²) in [5.74, 6) is 1.55. The number of halogens is 1. The number of ether oxygens (including phenoxy) is 2. The minimum absolute atomic E-state index is 0.717. The van der Waals surface area contributed by atoms with E-state index in [0.29, 0.717) is 0 Å². The predicted molar refractivity (Wildman–Crippen MR) is 67.7 cm³/mol. The summed E-state index contributed by atoms with van der Waals surface area (Å²) >= 11 is 3.50. The summed E-state index contributed by atoms with van der Waals surface area (Å²) in [6.45, 7) is 3.60. The molecule has 16 heavy (non-hydrogen) atoms. The fourth-order valence-corrected chi connectivity index (χ4v) is 1.98. The number of unbranched alkanes of at least 4 members (excludes halogenated alkanes) is 1. The molecule has 1 rings (SSSR count). The van der Waals surface area contributed by atoms with Crippen molar-refractivity contribution in [1.29, 1.82) is 0 Å². The van der Waals surface area contributed by atoms with Crippen LogP contribution in [0.5, 0.6) is 11.5 Å². The Labute approximate surface area is 105 Å². The van der Waals surface area contributed by atoms with E-state index in [1.165, 1.54) is 0 Å². The highest BCUT2D eigenvalue weighted by molar-refractivity contribution is 9.10. The summed E-state index contributed by atoms with van der Waals surface area (Å²) in [6, 6.07) is 4.00.